The van der Waals surface area contributed by atoms with Crippen molar-refractivity contribution in [3.05, 3.63) is 118 Å². The van der Waals surface area contributed by atoms with Crippen LogP contribution in [0.3, 0.4) is 0 Å². The van der Waals surface area contributed by atoms with Gasteiger partial charge in [-0.05, 0) is 75.1 Å². The molecule has 4 heteroatoms. The van der Waals surface area contributed by atoms with Crippen molar-refractivity contribution in [1.29, 1.82) is 0 Å². The number of rotatable bonds is 1. The van der Waals surface area contributed by atoms with Gasteiger partial charge < -0.3 is 9.32 Å². The van der Waals surface area contributed by atoms with Crippen molar-refractivity contribution in [1.82, 2.24) is 4.90 Å². The van der Waals surface area contributed by atoms with Gasteiger partial charge in [0.15, 0.2) is 12.2 Å². The van der Waals surface area contributed by atoms with Gasteiger partial charge in [0.2, 0.25) is 5.69 Å². The van der Waals surface area contributed by atoms with Crippen LogP contribution in [-0.2, 0) is 6.42 Å². The first kappa shape index (κ1) is 25.4. The van der Waals surface area contributed by atoms with Gasteiger partial charge in [0.05, 0.1) is 17.4 Å². The molecule has 3 aliphatic rings. The molecule has 0 bridgehead atoms. The molecule has 9 rings (SSSR count). The molecule has 1 aliphatic carbocycles. The van der Waals surface area contributed by atoms with Crippen LogP contribution < -0.4 is 4.57 Å². The molecular formula is C39H35N2OS+. The zero-order valence-electron chi connectivity index (χ0n) is 25.4. The average molecular weight is 580 g/mol. The van der Waals surface area contributed by atoms with Gasteiger partial charge in [-0.3, -0.25) is 0 Å². The minimum absolute atomic E-state index is 0.125. The van der Waals surface area contributed by atoms with Gasteiger partial charge in [0.25, 0.3) is 0 Å². The summed E-state index contributed by atoms with van der Waals surface area (Å²) < 4.78 is 10.8. The summed E-state index contributed by atoms with van der Waals surface area (Å²) in [5.41, 5.74) is 12.5. The van der Waals surface area contributed by atoms with E-state index in [-0.39, 0.29) is 11.5 Å². The fourth-order valence-electron chi connectivity index (χ4n) is 9.15. The van der Waals surface area contributed by atoms with Crippen LogP contribution in [-0.4, -0.2) is 17.5 Å². The van der Waals surface area contributed by atoms with Crippen LogP contribution in [0.4, 0.5) is 0 Å². The summed E-state index contributed by atoms with van der Waals surface area (Å²) in [6, 6.07) is 23.2. The first-order valence-corrected chi connectivity index (χ1v) is 16.2. The highest BCUT2D eigenvalue weighted by Crippen LogP contribution is 2.66. The quantitative estimate of drug-likeness (QED) is 0.143. The Morgan fingerprint density at radius 1 is 1.00 bits per heavy atom. The second-order valence-electron chi connectivity index (χ2n) is 12.9. The Kier molecular flexibility index (Phi) is 5.00. The minimum Gasteiger partial charge on any atom is -0.455 e. The van der Waals surface area contributed by atoms with Gasteiger partial charge in [-0.1, -0.05) is 42.5 Å². The predicted molar refractivity (Wildman–Crippen MR) is 179 cm³/mol. The smallest absolute Gasteiger partial charge is 0.213 e. The van der Waals surface area contributed by atoms with Crippen molar-refractivity contribution >= 4 is 49.1 Å². The van der Waals surface area contributed by atoms with E-state index in [0.29, 0.717) is 12.0 Å². The van der Waals surface area contributed by atoms with Crippen LogP contribution in [0.25, 0.3) is 49.0 Å². The summed E-state index contributed by atoms with van der Waals surface area (Å²) in [6.45, 7) is 13.3. The van der Waals surface area contributed by atoms with Gasteiger partial charge in [0, 0.05) is 61.2 Å². The molecule has 0 N–H and O–H groups in total. The minimum atomic E-state index is -0.125. The summed E-state index contributed by atoms with van der Waals surface area (Å²) >= 11 is 1.86. The standard InChI is InChI=1S/C39H35N2OS/c1-7-29-36-35(26-12-10-9-11-25(26)31-17-13-21(3)20-41(31)36)39(29)19-24-14-15-27-28-16-18-32-33(22(4)23(5)43-32)37(28)42-38(27)34(24)30(8-2)40(39)6/h7-18,20,29,35-36H,1,19H2,2-6H3/q+1/b30-8-. The predicted octanol–water partition coefficient (Wildman–Crippen LogP) is 9.42. The lowest BCUT2D eigenvalue weighted by molar-refractivity contribution is -0.741. The van der Waals surface area contributed by atoms with Crippen molar-refractivity contribution in [3.8, 4) is 11.3 Å². The molecule has 0 amide bonds. The van der Waals surface area contributed by atoms with Crippen LogP contribution in [0.2, 0.25) is 0 Å². The van der Waals surface area contributed by atoms with Crippen LogP contribution in [0, 0.1) is 26.7 Å². The fraction of sp³-hybridized carbons (Fsp3) is 0.256. The number of hydrogen-bond acceptors (Lipinski definition) is 3. The number of aromatic nitrogens is 1. The Balaban J connectivity index is 1.29. The maximum Gasteiger partial charge on any atom is 0.213 e. The van der Waals surface area contributed by atoms with Gasteiger partial charge in [0.1, 0.15) is 11.2 Å². The van der Waals surface area contributed by atoms with Crippen LogP contribution in [0.5, 0.6) is 0 Å². The van der Waals surface area contributed by atoms with Crippen molar-refractivity contribution < 1.29 is 8.98 Å². The highest BCUT2D eigenvalue weighted by atomic mass is 32.1. The number of nitrogens with zero attached hydrogens (tertiary/aromatic N) is 2. The molecule has 0 saturated heterocycles. The highest BCUT2D eigenvalue weighted by Gasteiger charge is 2.71. The van der Waals surface area contributed by atoms with E-state index in [2.05, 4.69) is 130 Å². The Hall–Kier alpha value is -4.15. The van der Waals surface area contributed by atoms with Crippen molar-refractivity contribution in [2.24, 2.45) is 5.92 Å². The van der Waals surface area contributed by atoms with E-state index < -0.39 is 0 Å². The summed E-state index contributed by atoms with van der Waals surface area (Å²) in [5.74, 6) is 0.619. The SMILES string of the molecule is C=CC1C2C(c3ccccc3-c3ccc(C)c[n+]32)C12Cc1ccc3c(oc4c3ccc3sc(C)c(C)c34)c1/C(=C/C)N2C. The van der Waals surface area contributed by atoms with Gasteiger partial charge in [-0.2, -0.15) is 4.57 Å². The Morgan fingerprint density at radius 2 is 1.79 bits per heavy atom. The highest BCUT2D eigenvalue weighted by molar-refractivity contribution is 7.19. The Morgan fingerprint density at radius 3 is 2.60 bits per heavy atom. The fourth-order valence-corrected chi connectivity index (χ4v) is 10.2. The maximum atomic E-state index is 6.95. The molecule has 43 heavy (non-hydrogen) atoms. The van der Waals surface area contributed by atoms with Crippen molar-refractivity contribution in [2.45, 2.75) is 51.6 Å². The van der Waals surface area contributed by atoms with Crippen LogP contribution in [0.1, 0.15) is 51.6 Å². The van der Waals surface area contributed by atoms with E-state index in [4.69, 9.17) is 4.42 Å². The van der Waals surface area contributed by atoms with Crippen LogP contribution >= 0.6 is 11.3 Å². The molecule has 1 fully saturated rings. The largest absolute Gasteiger partial charge is 0.455 e. The molecule has 4 atom stereocenters. The van der Waals surface area contributed by atoms with Crippen LogP contribution in [0.15, 0.2) is 90.0 Å². The Bertz CT molecular complexity index is 2230. The lowest BCUT2D eigenvalue weighted by atomic mass is 9.47. The first-order valence-electron chi connectivity index (χ1n) is 15.4. The molecule has 3 aromatic carbocycles. The number of thiophene rings is 1. The molecule has 1 saturated carbocycles. The monoisotopic (exact) mass is 579 g/mol. The number of aryl methyl sites for hydroxylation is 3. The third kappa shape index (κ3) is 2.93. The first-order chi connectivity index (χ1) is 20.9. The number of hydrogen-bond donors (Lipinski definition) is 0. The zero-order chi connectivity index (χ0) is 29.4. The molecule has 3 aromatic heterocycles. The maximum absolute atomic E-state index is 6.95. The number of furan rings is 1. The number of likely N-dealkylation sites (N-methyl/N-ethyl adjacent to an activating group) is 1. The lowest BCUT2D eigenvalue weighted by Gasteiger charge is -2.65. The summed E-state index contributed by atoms with van der Waals surface area (Å²) in [4.78, 5) is 3.96. The number of allylic oxidation sites excluding steroid dienone is 1. The average Bonchev–Trinajstić information content (AvgIpc) is 3.52. The van der Waals surface area contributed by atoms with E-state index in [0.717, 1.165) is 17.6 Å². The van der Waals surface area contributed by atoms with Crippen molar-refractivity contribution in [3.63, 3.8) is 0 Å². The molecule has 1 spiro atoms. The Labute approximate surface area is 256 Å². The van der Waals surface area contributed by atoms with E-state index in [9.17, 15) is 0 Å². The lowest BCUT2D eigenvalue weighted by Crippen LogP contribution is -2.75. The number of benzene rings is 3. The zero-order valence-corrected chi connectivity index (χ0v) is 26.2. The third-order valence-corrected chi connectivity index (χ3v) is 12.3. The molecule has 2 aliphatic heterocycles. The molecule has 3 nitrogen and oxygen atoms in total. The van der Waals surface area contributed by atoms with E-state index in [1.54, 1.807) is 0 Å². The second-order valence-corrected chi connectivity index (χ2v) is 14.2. The van der Waals surface area contributed by atoms with E-state index in [1.807, 2.05) is 11.3 Å². The molecule has 212 valence electrons. The van der Waals surface area contributed by atoms with E-state index >= 15 is 0 Å². The van der Waals surface area contributed by atoms with E-state index in [1.165, 1.54) is 70.5 Å². The van der Waals surface area contributed by atoms with Gasteiger partial charge >= 0.3 is 0 Å². The summed E-state index contributed by atoms with van der Waals surface area (Å²) in [5, 5.41) is 3.69. The summed E-state index contributed by atoms with van der Waals surface area (Å²) in [7, 11) is 2.32. The van der Waals surface area contributed by atoms with Gasteiger partial charge in [-0.25, -0.2) is 0 Å². The van der Waals surface area contributed by atoms with Crippen molar-refractivity contribution in [2.75, 3.05) is 7.05 Å². The number of fused-ring (bicyclic) bond motifs is 14. The molecule has 5 heterocycles. The molecule has 0 radical (unpaired) electrons. The topological polar surface area (TPSA) is 20.3 Å². The van der Waals surface area contributed by atoms with Gasteiger partial charge in [-0.15, -0.1) is 17.9 Å². The molecule has 4 unspecified atom stereocenters. The molecule has 6 aromatic rings. The normalized spacial score (nSPS) is 24.7. The summed E-state index contributed by atoms with van der Waals surface area (Å²) in [6.07, 6.45) is 7.84. The molecular weight excluding hydrogens is 545 g/mol. The second kappa shape index (κ2) is 8.48. The number of pyridine rings is 1. The third-order valence-electron chi connectivity index (χ3n) is 11.1.